The molecule has 1 aliphatic heterocycles. The summed E-state index contributed by atoms with van der Waals surface area (Å²) in [6.45, 7) is 4.45. The Labute approximate surface area is 159 Å². The van der Waals surface area contributed by atoms with Crippen molar-refractivity contribution in [2.24, 2.45) is 5.92 Å². The van der Waals surface area contributed by atoms with Crippen molar-refractivity contribution in [3.63, 3.8) is 0 Å². The van der Waals surface area contributed by atoms with Gasteiger partial charge in [0.15, 0.2) is 6.61 Å². The number of hydrogen-bond donors (Lipinski definition) is 1. The van der Waals surface area contributed by atoms with Gasteiger partial charge in [0.25, 0.3) is 5.91 Å². The first-order valence-corrected chi connectivity index (χ1v) is 9.40. The number of amides is 2. The molecule has 0 aromatic heterocycles. The second-order valence-corrected chi connectivity index (χ2v) is 6.87. The van der Waals surface area contributed by atoms with Gasteiger partial charge in [0.2, 0.25) is 5.91 Å². The number of ether oxygens (including phenoxy) is 1. The van der Waals surface area contributed by atoms with E-state index in [0.29, 0.717) is 38.1 Å². The molecule has 0 bridgehead atoms. The molecule has 1 atom stereocenters. The fourth-order valence-electron chi connectivity index (χ4n) is 3.18. The maximum Gasteiger partial charge on any atom is 0.323 e. The minimum atomic E-state index is -1.01. The molecular formula is C20H28N2O5. The molecule has 148 valence electrons. The summed E-state index contributed by atoms with van der Waals surface area (Å²) in [7, 11) is 0. The summed E-state index contributed by atoms with van der Waals surface area (Å²) in [6, 6.07) is 9.04. The van der Waals surface area contributed by atoms with Crippen molar-refractivity contribution < 1.29 is 24.2 Å². The monoisotopic (exact) mass is 376 g/mol. The molecule has 1 fully saturated rings. The zero-order chi connectivity index (χ0) is 19.8. The van der Waals surface area contributed by atoms with E-state index in [1.807, 2.05) is 32.0 Å². The van der Waals surface area contributed by atoms with Gasteiger partial charge in [0.1, 0.15) is 12.3 Å². The van der Waals surface area contributed by atoms with Gasteiger partial charge in [-0.25, -0.2) is 0 Å². The molecule has 2 amide bonds. The molecule has 1 aliphatic rings. The molecule has 7 heteroatoms. The minimum absolute atomic E-state index is 0.0271. The van der Waals surface area contributed by atoms with Gasteiger partial charge in [0.05, 0.1) is 0 Å². The first-order valence-electron chi connectivity index (χ1n) is 9.40. The highest BCUT2D eigenvalue weighted by atomic mass is 16.5. The zero-order valence-electron chi connectivity index (χ0n) is 16.0. The zero-order valence-corrected chi connectivity index (χ0v) is 16.0. The summed E-state index contributed by atoms with van der Waals surface area (Å²) in [4.78, 5) is 39.3. The normalized spacial score (nSPS) is 15.9. The number of hydrogen-bond acceptors (Lipinski definition) is 4. The van der Waals surface area contributed by atoms with E-state index in [2.05, 4.69) is 0 Å². The molecule has 27 heavy (non-hydrogen) atoms. The molecule has 1 heterocycles. The Morgan fingerprint density at radius 3 is 2.41 bits per heavy atom. The smallest absolute Gasteiger partial charge is 0.323 e. The summed E-state index contributed by atoms with van der Waals surface area (Å²) in [6.07, 6.45) is 1.79. The van der Waals surface area contributed by atoms with Gasteiger partial charge in [0, 0.05) is 25.0 Å². The van der Waals surface area contributed by atoms with Gasteiger partial charge in [-0.15, -0.1) is 0 Å². The van der Waals surface area contributed by atoms with Crippen LogP contribution in [0.1, 0.15) is 33.1 Å². The number of likely N-dealkylation sites (tertiary alicyclic amines) is 1. The summed E-state index contributed by atoms with van der Waals surface area (Å²) in [5.74, 6) is -0.825. The summed E-state index contributed by atoms with van der Waals surface area (Å²) in [5.41, 5.74) is 0. The molecule has 1 aromatic carbocycles. The third kappa shape index (κ3) is 5.98. The molecule has 1 N–H and O–H groups in total. The molecule has 1 saturated heterocycles. The number of aliphatic carboxylic acids is 1. The van der Waals surface area contributed by atoms with Crippen LogP contribution < -0.4 is 4.74 Å². The van der Waals surface area contributed by atoms with Crippen molar-refractivity contribution in [2.75, 3.05) is 26.2 Å². The second kappa shape index (κ2) is 9.94. The second-order valence-electron chi connectivity index (χ2n) is 6.87. The third-order valence-electron chi connectivity index (χ3n) is 5.01. The summed E-state index contributed by atoms with van der Waals surface area (Å²) in [5, 5.41) is 9.08. The molecule has 0 saturated carbocycles. The number of carbonyl (C=O) groups excluding carboxylic acids is 2. The molecule has 7 nitrogen and oxygen atoms in total. The Hall–Kier alpha value is -2.57. The van der Waals surface area contributed by atoms with Crippen LogP contribution in [-0.4, -0.2) is 65.0 Å². The number of para-hydroxylation sites is 1. The van der Waals surface area contributed by atoms with Gasteiger partial charge in [-0.05, 0) is 38.3 Å². The molecule has 0 radical (unpaired) electrons. The van der Waals surface area contributed by atoms with E-state index in [9.17, 15) is 14.4 Å². The van der Waals surface area contributed by atoms with Crippen LogP contribution in [0.25, 0.3) is 0 Å². The largest absolute Gasteiger partial charge is 0.484 e. The summed E-state index contributed by atoms with van der Waals surface area (Å²) < 4.78 is 5.49. The Morgan fingerprint density at radius 2 is 1.85 bits per heavy atom. The van der Waals surface area contributed by atoms with Crippen molar-refractivity contribution in [3.8, 4) is 5.75 Å². The lowest BCUT2D eigenvalue weighted by molar-refractivity contribution is -0.149. The van der Waals surface area contributed by atoms with E-state index < -0.39 is 5.97 Å². The Bertz CT molecular complexity index is 641. The van der Waals surface area contributed by atoms with Crippen LogP contribution in [0.3, 0.4) is 0 Å². The maximum absolute atomic E-state index is 12.8. The fraction of sp³-hybridized carbons (Fsp3) is 0.550. The third-order valence-corrected chi connectivity index (χ3v) is 5.01. The maximum atomic E-state index is 12.8. The number of benzene rings is 1. The van der Waals surface area contributed by atoms with Crippen LogP contribution in [0.5, 0.6) is 5.75 Å². The number of carbonyl (C=O) groups is 3. The highest BCUT2D eigenvalue weighted by Gasteiger charge is 2.32. The van der Waals surface area contributed by atoms with E-state index >= 15 is 0 Å². The highest BCUT2D eigenvalue weighted by Crippen LogP contribution is 2.22. The van der Waals surface area contributed by atoms with Crippen molar-refractivity contribution in [2.45, 2.75) is 39.2 Å². The van der Waals surface area contributed by atoms with Gasteiger partial charge < -0.3 is 19.6 Å². The van der Waals surface area contributed by atoms with E-state index in [-0.39, 0.29) is 36.9 Å². The molecule has 0 aliphatic carbocycles. The van der Waals surface area contributed by atoms with Gasteiger partial charge in [-0.2, -0.15) is 0 Å². The average Bonchev–Trinajstić information content (AvgIpc) is 2.70. The van der Waals surface area contributed by atoms with Gasteiger partial charge in [-0.3, -0.25) is 14.4 Å². The molecular weight excluding hydrogens is 348 g/mol. The molecule has 0 spiro atoms. The van der Waals surface area contributed by atoms with Gasteiger partial charge in [-0.1, -0.05) is 25.1 Å². The fourth-order valence-corrected chi connectivity index (χ4v) is 3.18. The Balaban J connectivity index is 1.85. The lowest BCUT2D eigenvalue weighted by Crippen LogP contribution is -2.49. The van der Waals surface area contributed by atoms with Crippen molar-refractivity contribution in [3.05, 3.63) is 30.3 Å². The van der Waals surface area contributed by atoms with Crippen molar-refractivity contribution in [1.29, 1.82) is 0 Å². The number of carboxylic acid groups (broad SMARTS) is 1. The predicted octanol–water partition coefficient (Wildman–Crippen LogP) is 2.02. The highest BCUT2D eigenvalue weighted by molar-refractivity contribution is 5.84. The first-order chi connectivity index (χ1) is 12.9. The summed E-state index contributed by atoms with van der Waals surface area (Å²) >= 11 is 0. The predicted molar refractivity (Wildman–Crippen MR) is 100 cm³/mol. The van der Waals surface area contributed by atoms with E-state index in [0.717, 1.165) is 0 Å². The van der Waals surface area contributed by atoms with Crippen LogP contribution in [0.2, 0.25) is 0 Å². The van der Waals surface area contributed by atoms with Crippen LogP contribution in [-0.2, 0) is 14.4 Å². The molecule has 2 rings (SSSR count). The number of carboxylic acids is 1. The topological polar surface area (TPSA) is 87.2 Å². The number of nitrogens with zero attached hydrogens (tertiary/aromatic N) is 2. The Morgan fingerprint density at radius 1 is 1.22 bits per heavy atom. The average molecular weight is 376 g/mol. The van der Waals surface area contributed by atoms with E-state index in [1.54, 1.807) is 17.0 Å². The van der Waals surface area contributed by atoms with Crippen LogP contribution in [0, 0.1) is 5.92 Å². The minimum Gasteiger partial charge on any atom is -0.484 e. The number of piperidine rings is 1. The quantitative estimate of drug-likeness (QED) is 0.750. The SMILES string of the molecule is CCC(C)N(CC(=O)O)C(=O)C1CCN(C(=O)COc2ccccc2)CC1. The van der Waals surface area contributed by atoms with Crippen LogP contribution in [0.15, 0.2) is 30.3 Å². The number of rotatable bonds is 8. The lowest BCUT2D eigenvalue weighted by Gasteiger charge is -2.35. The van der Waals surface area contributed by atoms with Crippen molar-refractivity contribution in [1.82, 2.24) is 9.80 Å². The Kier molecular flexibility index (Phi) is 7.64. The van der Waals surface area contributed by atoms with Gasteiger partial charge >= 0.3 is 5.97 Å². The van der Waals surface area contributed by atoms with Crippen molar-refractivity contribution >= 4 is 17.8 Å². The lowest BCUT2D eigenvalue weighted by atomic mass is 9.94. The molecule has 1 aromatic rings. The first kappa shape index (κ1) is 20.7. The van der Waals surface area contributed by atoms with E-state index in [1.165, 1.54) is 4.90 Å². The standard InChI is InChI=1S/C20H28N2O5/c1-3-15(2)22(13-19(24)25)20(26)16-9-11-21(12-10-16)18(23)14-27-17-7-5-4-6-8-17/h4-8,15-16H,3,9-14H2,1-2H3,(H,24,25). The molecule has 1 unspecified atom stereocenters. The van der Waals surface area contributed by atoms with E-state index in [4.69, 9.17) is 9.84 Å². The van der Waals surface area contributed by atoms with Crippen LogP contribution in [0.4, 0.5) is 0 Å². The van der Waals surface area contributed by atoms with Crippen LogP contribution >= 0.6 is 0 Å².